The van der Waals surface area contributed by atoms with Crippen LogP contribution in [0.25, 0.3) is 6.08 Å². The molecule has 0 aromatic heterocycles. The third-order valence-corrected chi connectivity index (χ3v) is 4.49. The van der Waals surface area contributed by atoms with E-state index < -0.39 is 0 Å². The van der Waals surface area contributed by atoms with Crippen LogP contribution in [-0.2, 0) is 4.79 Å². The van der Waals surface area contributed by atoms with Crippen molar-refractivity contribution in [1.29, 1.82) is 5.26 Å². The van der Waals surface area contributed by atoms with E-state index in [-0.39, 0.29) is 17.5 Å². The molecule has 0 saturated heterocycles. The van der Waals surface area contributed by atoms with E-state index in [1.54, 1.807) is 25.3 Å². The van der Waals surface area contributed by atoms with Gasteiger partial charge in [-0.25, -0.2) is 0 Å². The minimum absolute atomic E-state index is 0.0846. The zero-order valence-corrected chi connectivity index (χ0v) is 15.5. The summed E-state index contributed by atoms with van der Waals surface area (Å²) < 4.78 is 11.6. The van der Waals surface area contributed by atoms with Gasteiger partial charge in [-0.2, -0.15) is 5.26 Å². The average molecular weight is 393 g/mol. The number of carbonyl (C=O) groups is 1. The lowest BCUT2D eigenvalue weighted by atomic mass is 10.1. The van der Waals surface area contributed by atoms with Crippen molar-refractivity contribution in [3.05, 3.63) is 27.7 Å². The Morgan fingerprint density at radius 1 is 1.46 bits per heavy atom. The van der Waals surface area contributed by atoms with Gasteiger partial charge in [0.25, 0.3) is 5.91 Å². The Balaban J connectivity index is 2.26. The number of halogens is 1. The maximum Gasteiger partial charge on any atom is 0.262 e. The van der Waals surface area contributed by atoms with Gasteiger partial charge in [0.1, 0.15) is 11.6 Å². The van der Waals surface area contributed by atoms with Crippen molar-refractivity contribution in [1.82, 2.24) is 5.32 Å². The maximum atomic E-state index is 12.3. The Morgan fingerprint density at radius 3 is 2.75 bits per heavy atom. The van der Waals surface area contributed by atoms with Crippen LogP contribution < -0.4 is 14.8 Å². The first-order chi connectivity index (χ1) is 11.6. The van der Waals surface area contributed by atoms with Gasteiger partial charge in [-0.3, -0.25) is 4.79 Å². The number of methoxy groups -OCH3 is 1. The fraction of sp³-hybridized carbons (Fsp3) is 0.444. The first-order valence-corrected chi connectivity index (χ1v) is 8.81. The smallest absolute Gasteiger partial charge is 0.262 e. The van der Waals surface area contributed by atoms with Gasteiger partial charge >= 0.3 is 0 Å². The summed E-state index contributed by atoms with van der Waals surface area (Å²) in [6, 6.07) is 5.71. The number of hydrogen-bond donors (Lipinski definition) is 1. The van der Waals surface area contributed by atoms with E-state index in [4.69, 9.17) is 9.47 Å². The molecular weight excluding hydrogens is 372 g/mol. The van der Waals surface area contributed by atoms with Gasteiger partial charge in [0.15, 0.2) is 11.5 Å². The van der Waals surface area contributed by atoms with Gasteiger partial charge in [-0.15, -0.1) is 0 Å². The van der Waals surface area contributed by atoms with E-state index in [0.717, 1.165) is 25.7 Å². The van der Waals surface area contributed by atoms with E-state index in [1.807, 2.05) is 13.0 Å². The largest absolute Gasteiger partial charge is 0.492 e. The lowest BCUT2D eigenvalue weighted by Crippen LogP contribution is -2.33. The fourth-order valence-corrected chi connectivity index (χ4v) is 3.40. The van der Waals surface area contributed by atoms with Gasteiger partial charge in [0, 0.05) is 6.04 Å². The van der Waals surface area contributed by atoms with Crippen molar-refractivity contribution in [2.75, 3.05) is 13.7 Å². The van der Waals surface area contributed by atoms with Crippen LogP contribution in [0.1, 0.15) is 38.2 Å². The first kappa shape index (κ1) is 18.3. The molecule has 1 N–H and O–H groups in total. The molecular formula is C18H21BrN2O3. The fourth-order valence-electron chi connectivity index (χ4n) is 2.78. The van der Waals surface area contributed by atoms with Crippen molar-refractivity contribution in [3.63, 3.8) is 0 Å². The molecule has 0 heterocycles. The summed E-state index contributed by atoms with van der Waals surface area (Å²) in [6.07, 6.45) is 5.77. The predicted molar refractivity (Wildman–Crippen MR) is 95.9 cm³/mol. The summed E-state index contributed by atoms with van der Waals surface area (Å²) in [7, 11) is 1.56. The molecule has 1 saturated carbocycles. The lowest BCUT2D eigenvalue weighted by Gasteiger charge is -2.13. The molecule has 1 amide bonds. The summed E-state index contributed by atoms with van der Waals surface area (Å²) in [5.74, 6) is 0.825. The molecule has 1 fully saturated rings. The lowest BCUT2D eigenvalue weighted by molar-refractivity contribution is -0.117. The Kier molecular flexibility index (Phi) is 6.68. The number of carbonyl (C=O) groups excluding carboxylic acids is 1. The van der Waals surface area contributed by atoms with Crippen LogP contribution in [0.5, 0.6) is 11.5 Å². The highest BCUT2D eigenvalue weighted by molar-refractivity contribution is 9.10. The summed E-state index contributed by atoms with van der Waals surface area (Å²) in [5, 5.41) is 12.3. The standard InChI is InChI=1S/C18H21BrN2O3/c1-3-24-16-10-12(9-15(19)17(16)23-2)8-13(11-20)18(22)21-14-6-4-5-7-14/h8-10,14H,3-7H2,1-2H3,(H,21,22)/b13-8+. The highest BCUT2D eigenvalue weighted by Gasteiger charge is 2.19. The number of rotatable bonds is 6. The second-order valence-corrected chi connectivity index (χ2v) is 6.45. The van der Waals surface area contributed by atoms with Crippen LogP contribution in [0, 0.1) is 11.3 Å². The first-order valence-electron chi connectivity index (χ1n) is 8.02. The van der Waals surface area contributed by atoms with Crippen LogP contribution >= 0.6 is 15.9 Å². The average Bonchev–Trinajstić information content (AvgIpc) is 3.05. The number of nitrogens with zero attached hydrogens (tertiary/aromatic N) is 1. The summed E-state index contributed by atoms with van der Waals surface area (Å²) >= 11 is 3.43. The normalized spacial score (nSPS) is 15.0. The van der Waals surface area contributed by atoms with E-state index in [2.05, 4.69) is 21.2 Å². The number of amides is 1. The van der Waals surface area contributed by atoms with E-state index in [1.165, 1.54) is 0 Å². The van der Waals surface area contributed by atoms with Gasteiger partial charge in [0.2, 0.25) is 0 Å². The molecule has 6 heteroatoms. The highest BCUT2D eigenvalue weighted by atomic mass is 79.9. The van der Waals surface area contributed by atoms with E-state index >= 15 is 0 Å². The quantitative estimate of drug-likeness (QED) is 0.589. The zero-order chi connectivity index (χ0) is 17.5. The van der Waals surface area contributed by atoms with Crippen molar-refractivity contribution in [3.8, 4) is 17.6 Å². The third-order valence-electron chi connectivity index (χ3n) is 3.90. The second kappa shape index (κ2) is 8.74. The topological polar surface area (TPSA) is 71.3 Å². The number of nitrogens with one attached hydrogen (secondary N) is 1. The van der Waals surface area contributed by atoms with Gasteiger partial charge < -0.3 is 14.8 Å². The molecule has 0 aliphatic heterocycles. The van der Waals surface area contributed by atoms with Gasteiger partial charge in [0.05, 0.1) is 18.2 Å². The van der Waals surface area contributed by atoms with Gasteiger partial charge in [-0.05, 0) is 59.5 Å². The molecule has 5 nitrogen and oxygen atoms in total. The van der Waals surface area contributed by atoms with E-state index in [0.29, 0.717) is 28.1 Å². The third kappa shape index (κ3) is 4.51. The number of benzene rings is 1. The van der Waals surface area contributed by atoms with Crippen LogP contribution in [0.2, 0.25) is 0 Å². The summed E-state index contributed by atoms with van der Waals surface area (Å²) in [5.41, 5.74) is 0.783. The van der Waals surface area contributed by atoms with Gasteiger partial charge in [-0.1, -0.05) is 12.8 Å². The molecule has 0 radical (unpaired) electrons. The molecule has 0 atom stereocenters. The van der Waals surface area contributed by atoms with E-state index in [9.17, 15) is 10.1 Å². The van der Waals surface area contributed by atoms with Crippen molar-refractivity contribution < 1.29 is 14.3 Å². The number of hydrogen-bond acceptors (Lipinski definition) is 4. The van der Waals surface area contributed by atoms with Crippen molar-refractivity contribution in [2.24, 2.45) is 0 Å². The van der Waals surface area contributed by atoms with Crippen LogP contribution in [0.3, 0.4) is 0 Å². The zero-order valence-electron chi connectivity index (χ0n) is 13.9. The molecule has 128 valence electrons. The Bertz CT molecular complexity index is 674. The summed E-state index contributed by atoms with van der Waals surface area (Å²) in [6.45, 7) is 2.37. The molecule has 2 rings (SSSR count). The minimum Gasteiger partial charge on any atom is -0.492 e. The molecule has 0 unspecified atom stereocenters. The Labute approximate surface area is 150 Å². The molecule has 1 aromatic carbocycles. The Hall–Kier alpha value is -2.00. The van der Waals surface area contributed by atoms with Crippen LogP contribution in [0.4, 0.5) is 0 Å². The molecule has 1 aliphatic rings. The molecule has 0 bridgehead atoms. The second-order valence-electron chi connectivity index (χ2n) is 5.59. The molecule has 1 aliphatic carbocycles. The summed E-state index contributed by atoms with van der Waals surface area (Å²) in [4.78, 5) is 12.3. The monoisotopic (exact) mass is 392 g/mol. The highest BCUT2D eigenvalue weighted by Crippen LogP contribution is 2.37. The molecule has 0 spiro atoms. The molecule has 1 aromatic rings. The molecule has 24 heavy (non-hydrogen) atoms. The maximum absolute atomic E-state index is 12.3. The van der Waals surface area contributed by atoms with Crippen LogP contribution in [-0.4, -0.2) is 25.7 Å². The SMILES string of the molecule is CCOc1cc(/C=C(\C#N)C(=O)NC2CCCC2)cc(Br)c1OC. The van der Waals surface area contributed by atoms with Crippen LogP contribution in [0.15, 0.2) is 22.2 Å². The van der Waals surface area contributed by atoms with Crippen molar-refractivity contribution in [2.45, 2.75) is 38.6 Å². The number of ether oxygens (including phenoxy) is 2. The van der Waals surface area contributed by atoms with Crippen molar-refractivity contribution >= 4 is 27.9 Å². The minimum atomic E-state index is -0.325. The predicted octanol–water partition coefficient (Wildman–Crippen LogP) is 3.82. The Morgan fingerprint density at radius 2 is 2.17 bits per heavy atom. The number of nitriles is 1.